The molecule has 0 atom stereocenters. The van der Waals surface area contributed by atoms with Gasteiger partial charge >= 0.3 is 6.18 Å². The predicted molar refractivity (Wildman–Crippen MR) is 115 cm³/mol. The monoisotopic (exact) mass is 419 g/mol. The van der Waals surface area contributed by atoms with Crippen molar-refractivity contribution in [2.24, 2.45) is 0 Å². The highest BCUT2D eigenvalue weighted by molar-refractivity contribution is 6.04. The van der Waals surface area contributed by atoms with Crippen LogP contribution in [0.25, 0.3) is 11.0 Å². The number of hydrogen-bond acceptors (Lipinski definition) is 2. The van der Waals surface area contributed by atoms with E-state index in [-0.39, 0.29) is 11.5 Å². The third-order valence-corrected chi connectivity index (χ3v) is 4.57. The molecule has 4 nitrogen and oxygen atoms in total. The number of H-pyrrole nitrogens is 1. The normalized spacial score (nSPS) is 13.1. The Balaban J connectivity index is 0.000000393. The van der Waals surface area contributed by atoms with Crippen LogP contribution in [0.2, 0.25) is 0 Å². The number of benzene rings is 2. The Morgan fingerprint density at radius 1 is 1.00 bits per heavy atom. The molecule has 2 N–H and O–H groups in total. The molecule has 0 saturated heterocycles. The average Bonchev–Trinajstić information content (AvgIpc) is 3.41. The zero-order chi connectivity index (χ0) is 22.1. The van der Waals surface area contributed by atoms with Crippen LogP contribution in [0.15, 0.2) is 42.5 Å². The van der Waals surface area contributed by atoms with Crippen LogP contribution in [0, 0.1) is 6.92 Å². The first kappa shape index (κ1) is 23.4. The molecular formula is C23H28F3N3O. The van der Waals surface area contributed by atoms with Gasteiger partial charge in [0.1, 0.15) is 0 Å². The maximum Gasteiger partial charge on any atom is 0.416 e. The summed E-state index contributed by atoms with van der Waals surface area (Å²) < 4.78 is 38.1. The number of nitrogens with zero attached hydrogens (tertiary/aromatic N) is 1. The number of halogens is 3. The smallest absolute Gasteiger partial charge is 0.324 e. The first-order chi connectivity index (χ1) is 14.3. The fraction of sp³-hybridized carbons (Fsp3) is 0.391. The Labute approximate surface area is 174 Å². The van der Waals surface area contributed by atoms with Crippen LogP contribution in [0.5, 0.6) is 0 Å². The van der Waals surface area contributed by atoms with Crippen LogP contribution in [0.1, 0.15) is 67.4 Å². The minimum absolute atomic E-state index is 0.0866. The fourth-order valence-corrected chi connectivity index (χ4v) is 3.08. The molecule has 3 aromatic rings. The van der Waals surface area contributed by atoms with E-state index in [2.05, 4.69) is 15.3 Å². The Kier molecular flexibility index (Phi) is 8.45. The molecule has 0 unspecified atom stereocenters. The maximum atomic E-state index is 12.7. The number of imidazole rings is 1. The predicted octanol–water partition coefficient (Wildman–Crippen LogP) is 7.12. The van der Waals surface area contributed by atoms with Crippen molar-refractivity contribution in [1.29, 1.82) is 0 Å². The van der Waals surface area contributed by atoms with Crippen molar-refractivity contribution >= 4 is 22.9 Å². The number of hydrogen-bond donors (Lipinski definition) is 2. The van der Waals surface area contributed by atoms with E-state index in [0.29, 0.717) is 5.52 Å². The number of alkyl halides is 3. The third kappa shape index (κ3) is 6.61. The number of carbonyl (C=O) groups excluding carboxylic acids is 1. The van der Waals surface area contributed by atoms with Gasteiger partial charge in [0.05, 0.1) is 16.6 Å². The fourth-order valence-electron chi connectivity index (χ4n) is 3.08. The molecule has 1 saturated carbocycles. The number of carbonyl (C=O) groups is 1. The molecule has 2 aromatic carbocycles. The minimum atomic E-state index is -4.49. The second kappa shape index (κ2) is 10.8. The zero-order valence-corrected chi connectivity index (χ0v) is 17.6. The Morgan fingerprint density at radius 2 is 1.63 bits per heavy atom. The number of anilines is 1. The summed E-state index contributed by atoms with van der Waals surface area (Å²) in [5.41, 5.74) is 1.47. The van der Waals surface area contributed by atoms with Crippen molar-refractivity contribution in [1.82, 2.24) is 9.97 Å². The molecule has 1 aromatic heterocycles. The standard InChI is InChI=1S/C16H12F3N3O.C5H10.C2H6/c1-9-5-6-12-13(7-9)21-15(20-12)22-14(23)10-3-2-4-11(8-10)16(17,18)19;1-2-4-5-3-1;1-2/h2-8H,1H3,(H2,20,21,22,23);1-5H2;1-2H3. The van der Waals surface area contributed by atoms with Gasteiger partial charge in [-0.1, -0.05) is 58.1 Å². The second-order valence-corrected chi connectivity index (χ2v) is 6.91. The zero-order valence-electron chi connectivity index (χ0n) is 17.6. The van der Waals surface area contributed by atoms with E-state index < -0.39 is 17.6 Å². The number of aromatic amines is 1. The van der Waals surface area contributed by atoms with Crippen LogP contribution in [0.4, 0.5) is 19.1 Å². The molecule has 0 aliphatic heterocycles. The first-order valence-electron chi connectivity index (χ1n) is 10.3. The molecule has 1 amide bonds. The summed E-state index contributed by atoms with van der Waals surface area (Å²) in [4.78, 5) is 19.2. The molecule has 30 heavy (non-hydrogen) atoms. The van der Waals surface area contributed by atoms with E-state index in [9.17, 15) is 18.0 Å². The molecule has 0 spiro atoms. The molecule has 1 aliphatic rings. The van der Waals surface area contributed by atoms with Crippen molar-refractivity contribution in [3.63, 3.8) is 0 Å². The molecule has 1 fully saturated rings. The van der Waals surface area contributed by atoms with Crippen LogP contribution >= 0.6 is 0 Å². The summed E-state index contributed by atoms with van der Waals surface area (Å²) in [7, 11) is 0. The lowest BCUT2D eigenvalue weighted by atomic mass is 10.1. The summed E-state index contributed by atoms with van der Waals surface area (Å²) in [6, 6.07) is 9.77. The molecule has 4 rings (SSSR count). The lowest BCUT2D eigenvalue weighted by Gasteiger charge is -2.08. The Morgan fingerprint density at radius 3 is 2.23 bits per heavy atom. The lowest BCUT2D eigenvalue weighted by molar-refractivity contribution is -0.137. The highest BCUT2D eigenvalue weighted by atomic mass is 19.4. The van der Waals surface area contributed by atoms with Gasteiger partial charge in [0.15, 0.2) is 0 Å². The number of aryl methyl sites for hydroxylation is 1. The van der Waals surface area contributed by atoms with Crippen LogP contribution < -0.4 is 5.32 Å². The van der Waals surface area contributed by atoms with E-state index in [0.717, 1.165) is 23.2 Å². The van der Waals surface area contributed by atoms with Crippen LogP contribution in [-0.2, 0) is 6.18 Å². The highest BCUT2D eigenvalue weighted by Gasteiger charge is 2.30. The van der Waals surface area contributed by atoms with Gasteiger partial charge in [0, 0.05) is 5.56 Å². The van der Waals surface area contributed by atoms with E-state index in [1.807, 2.05) is 32.9 Å². The van der Waals surface area contributed by atoms with Crippen molar-refractivity contribution in [2.45, 2.75) is 59.1 Å². The molecule has 7 heteroatoms. The third-order valence-electron chi connectivity index (χ3n) is 4.57. The van der Waals surface area contributed by atoms with Gasteiger partial charge < -0.3 is 4.98 Å². The SMILES string of the molecule is C1CCCC1.CC.Cc1ccc2nc(NC(=O)c3cccc(C(F)(F)F)c3)[nH]c2c1. The van der Waals surface area contributed by atoms with Gasteiger partial charge in [-0.2, -0.15) is 13.2 Å². The van der Waals surface area contributed by atoms with Gasteiger partial charge in [-0.05, 0) is 42.8 Å². The number of amides is 1. The van der Waals surface area contributed by atoms with E-state index in [1.54, 1.807) is 6.07 Å². The number of fused-ring (bicyclic) bond motifs is 1. The molecule has 1 aliphatic carbocycles. The Hall–Kier alpha value is -2.83. The maximum absolute atomic E-state index is 12.7. The van der Waals surface area contributed by atoms with E-state index in [1.165, 1.54) is 44.2 Å². The lowest BCUT2D eigenvalue weighted by Crippen LogP contribution is -2.14. The van der Waals surface area contributed by atoms with Crippen LogP contribution in [-0.4, -0.2) is 15.9 Å². The van der Waals surface area contributed by atoms with Crippen molar-refractivity contribution in [3.05, 3.63) is 59.2 Å². The van der Waals surface area contributed by atoms with Crippen molar-refractivity contribution in [3.8, 4) is 0 Å². The summed E-state index contributed by atoms with van der Waals surface area (Å²) in [6.45, 7) is 5.92. The van der Waals surface area contributed by atoms with Crippen molar-refractivity contribution < 1.29 is 18.0 Å². The number of aromatic nitrogens is 2. The van der Waals surface area contributed by atoms with Crippen LogP contribution in [0.3, 0.4) is 0 Å². The summed E-state index contributed by atoms with van der Waals surface area (Å²) in [6.07, 6.45) is 3.01. The first-order valence-corrected chi connectivity index (χ1v) is 10.3. The Bertz CT molecular complexity index is 952. The molecule has 0 bridgehead atoms. The number of rotatable bonds is 2. The molecule has 1 heterocycles. The van der Waals surface area contributed by atoms with Gasteiger partial charge in [-0.15, -0.1) is 0 Å². The quantitative estimate of drug-likeness (QED) is 0.465. The average molecular weight is 419 g/mol. The van der Waals surface area contributed by atoms with Crippen molar-refractivity contribution in [2.75, 3.05) is 5.32 Å². The minimum Gasteiger partial charge on any atom is -0.324 e. The van der Waals surface area contributed by atoms with E-state index >= 15 is 0 Å². The van der Waals surface area contributed by atoms with Gasteiger partial charge in [-0.3, -0.25) is 10.1 Å². The topological polar surface area (TPSA) is 57.8 Å². The highest BCUT2D eigenvalue weighted by Crippen LogP contribution is 2.29. The van der Waals surface area contributed by atoms with Gasteiger partial charge in [0.25, 0.3) is 5.91 Å². The largest absolute Gasteiger partial charge is 0.416 e. The summed E-state index contributed by atoms with van der Waals surface area (Å²) in [5, 5.41) is 2.47. The summed E-state index contributed by atoms with van der Waals surface area (Å²) in [5.74, 6) is -0.472. The summed E-state index contributed by atoms with van der Waals surface area (Å²) >= 11 is 0. The van der Waals surface area contributed by atoms with Gasteiger partial charge in [-0.25, -0.2) is 4.98 Å². The second-order valence-electron chi connectivity index (χ2n) is 6.91. The molecule has 162 valence electrons. The van der Waals surface area contributed by atoms with E-state index in [4.69, 9.17) is 0 Å². The number of nitrogens with one attached hydrogen (secondary N) is 2. The molecular weight excluding hydrogens is 391 g/mol. The van der Waals surface area contributed by atoms with Gasteiger partial charge in [0.2, 0.25) is 5.95 Å². The molecule has 0 radical (unpaired) electrons.